The van der Waals surface area contributed by atoms with Crippen molar-refractivity contribution in [2.75, 3.05) is 0 Å². The van der Waals surface area contributed by atoms with Crippen molar-refractivity contribution in [3.8, 4) is 78.7 Å². The van der Waals surface area contributed by atoms with Gasteiger partial charge >= 0.3 is 0 Å². The lowest BCUT2D eigenvalue weighted by atomic mass is 9.93. The minimum absolute atomic E-state index is 0.551. The Morgan fingerprint density at radius 1 is 0.273 bits per heavy atom. The fraction of sp³-hybridized carbons (Fsp3) is 0. The molecule has 3 heterocycles. The van der Waals surface area contributed by atoms with Gasteiger partial charge in [0, 0.05) is 47.6 Å². The molecule has 0 aliphatic rings. The van der Waals surface area contributed by atoms with E-state index in [0.29, 0.717) is 17.5 Å². The lowest BCUT2D eigenvalue weighted by Gasteiger charge is -2.10. The van der Waals surface area contributed by atoms with Gasteiger partial charge in [0.25, 0.3) is 0 Å². The minimum Gasteiger partial charge on any atom is -0.455 e. The third-order valence-corrected chi connectivity index (χ3v) is 14.0. The van der Waals surface area contributed by atoms with Crippen LogP contribution in [0.1, 0.15) is 0 Å². The Hall–Kier alpha value is -8.51. The van der Waals surface area contributed by atoms with E-state index in [0.717, 1.165) is 76.4 Å². The Kier molecular flexibility index (Phi) is 9.00. The van der Waals surface area contributed by atoms with Crippen LogP contribution in [-0.2, 0) is 0 Å². The summed E-state index contributed by atoms with van der Waals surface area (Å²) in [4.78, 5) is 16.0. The lowest BCUT2D eigenvalue weighted by molar-refractivity contribution is 0.670. The van der Waals surface area contributed by atoms with Gasteiger partial charge in [-0.2, -0.15) is 0 Å². The number of thiophene rings is 1. The largest absolute Gasteiger partial charge is 0.455 e. The van der Waals surface area contributed by atoms with Crippen molar-refractivity contribution in [1.82, 2.24) is 15.0 Å². The molecule has 0 radical (unpaired) electrons. The molecule has 0 aliphatic carbocycles. The zero-order valence-electron chi connectivity index (χ0n) is 35.5. The number of hydrogen-bond acceptors (Lipinski definition) is 5. The molecular weight excluding hydrogens is 823 g/mol. The van der Waals surface area contributed by atoms with E-state index >= 15 is 0 Å². The molecule has 0 amide bonds. The molecule has 3 aromatic heterocycles. The molecule has 0 spiro atoms. The first-order valence-corrected chi connectivity index (χ1v) is 23.0. The van der Waals surface area contributed by atoms with Crippen molar-refractivity contribution in [1.29, 1.82) is 0 Å². The van der Waals surface area contributed by atoms with Gasteiger partial charge in [-0.15, -0.1) is 11.3 Å². The van der Waals surface area contributed by atoms with Gasteiger partial charge in [-0.05, 0) is 74.0 Å². The summed E-state index contributed by atoms with van der Waals surface area (Å²) < 4.78 is 9.42. The molecule has 0 bridgehead atoms. The van der Waals surface area contributed by atoms with E-state index in [-0.39, 0.29) is 0 Å². The van der Waals surface area contributed by atoms with E-state index in [4.69, 9.17) is 19.4 Å². The summed E-state index contributed by atoms with van der Waals surface area (Å²) in [6.07, 6.45) is 0. The van der Waals surface area contributed by atoms with Gasteiger partial charge in [-0.1, -0.05) is 200 Å². The molecule has 0 saturated heterocycles. The smallest absolute Gasteiger partial charge is 0.167 e. The van der Waals surface area contributed by atoms with Crippen LogP contribution in [0.15, 0.2) is 229 Å². The standard InChI is InChI=1S/C61H37N3OS/c1-3-16-38(17-4-1)42-22-11-23-43(36-42)46-26-12-30-51-52-31-15-33-54(58(52)66-57(46)51)61-63-59(44-35-34-39-18-7-8-21-41(39)37-44)62-60(64-61)53-32-14-29-50-49-28-13-27-48(55(49)65-56(50)53)47-25-10-9-24-45(47)40-19-5-2-6-20-40/h1-37H. The van der Waals surface area contributed by atoms with Gasteiger partial charge in [0.1, 0.15) is 11.2 Å². The fourth-order valence-corrected chi connectivity index (χ4v) is 10.9. The third kappa shape index (κ3) is 6.40. The van der Waals surface area contributed by atoms with Crippen LogP contribution in [0.2, 0.25) is 0 Å². The Morgan fingerprint density at radius 3 is 1.53 bits per heavy atom. The summed E-state index contributed by atoms with van der Waals surface area (Å²) >= 11 is 1.80. The molecule has 5 heteroatoms. The summed E-state index contributed by atoms with van der Waals surface area (Å²) in [5.74, 6) is 1.76. The summed E-state index contributed by atoms with van der Waals surface area (Å²) in [5.41, 5.74) is 13.5. The molecule has 0 atom stereocenters. The van der Waals surface area contributed by atoms with E-state index in [1.807, 2.05) is 0 Å². The highest BCUT2D eigenvalue weighted by Gasteiger charge is 2.22. The predicted molar refractivity (Wildman–Crippen MR) is 276 cm³/mol. The summed E-state index contributed by atoms with van der Waals surface area (Å²) in [6.45, 7) is 0. The van der Waals surface area contributed by atoms with E-state index in [9.17, 15) is 0 Å². The van der Waals surface area contributed by atoms with Crippen molar-refractivity contribution in [2.45, 2.75) is 0 Å². The first-order valence-electron chi connectivity index (χ1n) is 22.2. The maximum atomic E-state index is 7.07. The summed E-state index contributed by atoms with van der Waals surface area (Å²) in [7, 11) is 0. The Morgan fingerprint density at radius 2 is 0.773 bits per heavy atom. The second kappa shape index (κ2) is 15.6. The highest BCUT2D eigenvalue weighted by molar-refractivity contribution is 7.26. The van der Waals surface area contributed by atoms with Gasteiger partial charge in [-0.3, -0.25) is 0 Å². The maximum absolute atomic E-state index is 7.07. The average molecular weight is 860 g/mol. The molecule has 0 fully saturated rings. The van der Waals surface area contributed by atoms with Crippen molar-refractivity contribution in [3.05, 3.63) is 224 Å². The van der Waals surface area contributed by atoms with Crippen LogP contribution >= 0.6 is 11.3 Å². The first-order chi connectivity index (χ1) is 32.7. The van der Waals surface area contributed by atoms with Gasteiger partial charge in [-0.25, -0.2) is 15.0 Å². The highest BCUT2D eigenvalue weighted by atomic mass is 32.1. The van der Waals surface area contributed by atoms with Gasteiger partial charge in [0.05, 0.1) is 5.56 Å². The van der Waals surface area contributed by atoms with Gasteiger partial charge < -0.3 is 4.42 Å². The van der Waals surface area contributed by atoms with Crippen molar-refractivity contribution in [3.63, 3.8) is 0 Å². The van der Waals surface area contributed by atoms with E-state index in [1.54, 1.807) is 11.3 Å². The predicted octanol–water partition coefficient (Wildman–Crippen LogP) is 17.0. The van der Waals surface area contributed by atoms with Crippen LogP contribution in [-0.4, -0.2) is 15.0 Å². The molecule has 10 aromatic carbocycles. The van der Waals surface area contributed by atoms with E-state index in [1.165, 1.54) is 37.7 Å². The van der Waals surface area contributed by atoms with E-state index < -0.39 is 0 Å². The molecule has 0 saturated carbocycles. The summed E-state index contributed by atoms with van der Waals surface area (Å²) in [5, 5.41) is 6.71. The van der Waals surface area contributed by atoms with Crippen molar-refractivity contribution >= 4 is 64.2 Å². The molecule has 13 rings (SSSR count). The number of nitrogens with zero attached hydrogens (tertiary/aromatic N) is 3. The quantitative estimate of drug-likeness (QED) is 0.160. The lowest BCUT2D eigenvalue weighted by Crippen LogP contribution is -2.00. The number of furan rings is 1. The van der Waals surface area contributed by atoms with Crippen molar-refractivity contribution < 1.29 is 4.42 Å². The normalized spacial score (nSPS) is 11.6. The zero-order valence-corrected chi connectivity index (χ0v) is 36.3. The SMILES string of the molecule is c1ccc(-c2cccc(-c3cccc4c3sc3c(-c5nc(-c6ccc7ccccc7c6)nc(-c6cccc7c6oc6c(-c8ccccc8-c8ccccc8)cccc67)n5)cccc34)c2)cc1. The van der Waals surface area contributed by atoms with Crippen LogP contribution in [0.5, 0.6) is 0 Å². The first kappa shape index (κ1) is 38.0. The molecule has 0 N–H and O–H groups in total. The van der Waals surface area contributed by atoms with Crippen LogP contribution in [0, 0.1) is 0 Å². The number of benzene rings is 10. The van der Waals surface area contributed by atoms with E-state index in [2.05, 4.69) is 224 Å². The van der Waals surface area contributed by atoms with Crippen LogP contribution in [0.25, 0.3) is 132 Å². The monoisotopic (exact) mass is 859 g/mol. The number of fused-ring (bicyclic) bond motifs is 7. The molecule has 13 aromatic rings. The molecule has 66 heavy (non-hydrogen) atoms. The van der Waals surface area contributed by atoms with Crippen LogP contribution in [0.3, 0.4) is 0 Å². The number of aromatic nitrogens is 3. The van der Waals surface area contributed by atoms with Crippen molar-refractivity contribution in [2.24, 2.45) is 0 Å². The second-order valence-corrected chi connectivity index (χ2v) is 17.7. The molecule has 0 aliphatic heterocycles. The number of para-hydroxylation sites is 2. The zero-order chi connectivity index (χ0) is 43.6. The minimum atomic E-state index is 0.551. The van der Waals surface area contributed by atoms with Crippen LogP contribution in [0.4, 0.5) is 0 Å². The average Bonchev–Trinajstić information content (AvgIpc) is 3.98. The molecular formula is C61H37N3OS. The van der Waals surface area contributed by atoms with Gasteiger partial charge in [0.15, 0.2) is 17.5 Å². The Labute approximate surface area is 384 Å². The Balaban J connectivity index is 1.01. The maximum Gasteiger partial charge on any atom is 0.167 e. The second-order valence-electron chi connectivity index (χ2n) is 16.7. The highest BCUT2D eigenvalue weighted by Crippen LogP contribution is 2.46. The molecule has 308 valence electrons. The van der Waals surface area contributed by atoms with Crippen LogP contribution < -0.4 is 0 Å². The number of hydrogen-bond donors (Lipinski definition) is 0. The topological polar surface area (TPSA) is 51.8 Å². The molecule has 4 nitrogen and oxygen atoms in total. The Bertz CT molecular complexity index is 4000. The summed E-state index contributed by atoms with van der Waals surface area (Å²) in [6, 6.07) is 79.2. The molecule has 0 unspecified atom stereocenters. The number of rotatable bonds is 7. The third-order valence-electron chi connectivity index (χ3n) is 12.8. The van der Waals surface area contributed by atoms with Gasteiger partial charge in [0.2, 0.25) is 0 Å². The fourth-order valence-electron chi connectivity index (χ4n) is 9.59.